The van der Waals surface area contributed by atoms with Gasteiger partial charge in [0.1, 0.15) is 17.5 Å². The number of benzene rings is 1. The summed E-state index contributed by atoms with van der Waals surface area (Å²) >= 11 is 0. The van der Waals surface area contributed by atoms with E-state index in [0.29, 0.717) is 36.2 Å². The quantitative estimate of drug-likeness (QED) is 0.154. The molecule has 2 fully saturated rings. The van der Waals surface area contributed by atoms with Gasteiger partial charge in [-0.1, -0.05) is 43.7 Å². The largest absolute Gasteiger partial charge is 0.373 e. The van der Waals surface area contributed by atoms with E-state index in [0.717, 1.165) is 87.8 Å². The number of carbonyl (C=O) groups excluding carboxylic acids is 1. The lowest BCUT2D eigenvalue weighted by Gasteiger charge is -2.48. The van der Waals surface area contributed by atoms with Crippen molar-refractivity contribution in [1.82, 2.24) is 30.0 Å². The van der Waals surface area contributed by atoms with Gasteiger partial charge in [-0.3, -0.25) is 9.58 Å². The summed E-state index contributed by atoms with van der Waals surface area (Å²) in [7, 11) is 1.88. The number of amides is 2. The van der Waals surface area contributed by atoms with E-state index in [1.807, 2.05) is 55.7 Å². The predicted molar refractivity (Wildman–Crippen MR) is 190 cm³/mol. The summed E-state index contributed by atoms with van der Waals surface area (Å²) in [6, 6.07) is 16.0. The highest BCUT2D eigenvalue weighted by atomic mass is 16.5. The van der Waals surface area contributed by atoms with Gasteiger partial charge >= 0.3 is 6.03 Å². The number of unbranched alkanes of at least 4 members (excludes halogenated alkanes) is 1. The number of nitrogens with zero attached hydrogens (tertiary/aromatic N) is 8. The number of rotatable bonds is 14. The molecular formula is C37H46N10O2. The number of piperidine rings is 1. The van der Waals surface area contributed by atoms with Crippen LogP contribution in [-0.4, -0.2) is 68.6 Å². The maximum absolute atomic E-state index is 13.5. The van der Waals surface area contributed by atoms with Crippen LogP contribution in [0.15, 0.2) is 67.3 Å². The molecular weight excluding hydrogens is 616 g/mol. The lowest BCUT2D eigenvalue weighted by Crippen LogP contribution is -2.56. The summed E-state index contributed by atoms with van der Waals surface area (Å²) in [5, 5.41) is 20.7. The zero-order chi connectivity index (χ0) is 34.1. The van der Waals surface area contributed by atoms with Crippen LogP contribution in [0.1, 0.15) is 69.4 Å². The molecule has 0 bridgehead atoms. The predicted octanol–water partition coefficient (Wildman–Crippen LogP) is 6.07. The topological polar surface area (TPSA) is 137 Å². The number of urea groups is 1. The number of hydrogen-bond donors (Lipinski definition) is 2. The van der Waals surface area contributed by atoms with Gasteiger partial charge in [-0.05, 0) is 56.2 Å². The van der Waals surface area contributed by atoms with E-state index < -0.39 is 0 Å². The molecule has 0 aliphatic carbocycles. The Balaban J connectivity index is 1.09. The third-order valence-electron chi connectivity index (χ3n) is 9.44. The minimum absolute atomic E-state index is 0.0997. The molecule has 4 aromatic rings. The Morgan fingerprint density at radius 2 is 1.94 bits per heavy atom. The molecule has 2 atom stereocenters. The van der Waals surface area contributed by atoms with Crippen molar-refractivity contribution in [2.24, 2.45) is 7.05 Å². The molecule has 256 valence electrons. The lowest BCUT2D eigenvalue weighted by atomic mass is 9.86. The first-order valence-corrected chi connectivity index (χ1v) is 17.4. The summed E-state index contributed by atoms with van der Waals surface area (Å²) in [4.78, 5) is 31.5. The molecule has 1 spiro atoms. The molecule has 12 nitrogen and oxygen atoms in total. The number of nitriles is 1. The second kappa shape index (κ2) is 15.9. The molecule has 2 amide bonds. The highest BCUT2D eigenvalue weighted by Gasteiger charge is 2.42. The van der Waals surface area contributed by atoms with Crippen LogP contribution in [-0.2, 0) is 18.3 Å². The molecule has 3 aromatic heterocycles. The summed E-state index contributed by atoms with van der Waals surface area (Å²) < 4.78 is 7.72. The maximum Gasteiger partial charge on any atom is 0.323 e. The van der Waals surface area contributed by atoms with E-state index in [1.54, 1.807) is 28.2 Å². The van der Waals surface area contributed by atoms with Crippen molar-refractivity contribution in [3.05, 3.63) is 78.4 Å². The van der Waals surface area contributed by atoms with Gasteiger partial charge < -0.3 is 20.3 Å². The minimum atomic E-state index is -0.181. The van der Waals surface area contributed by atoms with Crippen molar-refractivity contribution in [3.63, 3.8) is 0 Å². The second-order valence-corrected chi connectivity index (χ2v) is 13.1. The van der Waals surface area contributed by atoms with Crippen LogP contribution in [0.25, 0.3) is 11.1 Å². The fraction of sp³-hybridized carbons (Fsp3) is 0.459. The molecule has 2 aliphatic rings. The monoisotopic (exact) mass is 662 g/mol. The Bertz CT molecular complexity index is 1720. The highest BCUT2D eigenvalue weighted by molar-refractivity contribution is 5.91. The molecule has 1 aromatic carbocycles. The molecule has 0 saturated carbocycles. The molecule has 0 radical (unpaired) electrons. The van der Waals surface area contributed by atoms with Crippen LogP contribution in [0.3, 0.4) is 0 Å². The zero-order valence-electron chi connectivity index (χ0n) is 28.5. The second-order valence-electron chi connectivity index (χ2n) is 13.1. The van der Waals surface area contributed by atoms with Crippen LogP contribution in [0, 0.1) is 11.3 Å². The summed E-state index contributed by atoms with van der Waals surface area (Å²) in [6.45, 7) is 5.54. The van der Waals surface area contributed by atoms with Gasteiger partial charge in [0.2, 0.25) is 5.95 Å². The number of pyridine rings is 1. The van der Waals surface area contributed by atoms with Crippen molar-refractivity contribution in [3.8, 4) is 17.2 Å². The van der Waals surface area contributed by atoms with Crippen LogP contribution in [0.4, 0.5) is 22.4 Å². The highest BCUT2D eigenvalue weighted by Crippen LogP contribution is 2.37. The third kappa shape index (κ3) is 8.53. The Morgan fingerprint density at radius 1 is 1.08 bits per heavy atom. The number of anilines is 3. The number of ether oxygens (including phenoxy) is 1. The van der Waals surface area contributed by atoms with Crippen molar-refractivity contribution in [1.29, 1.82) is 5.26 Å². The Labute approximate surface area is 288 Å². The zero-order valence-corrected chi connectivity index (χ0v) is 28.5. The molecule has 49 heavy (non-hydrogen) atoms. The van der Waals surface area contributed by atoms with Crippen LogP contribution in [0.5, 0.6) is 0 Å². The Hall–Kier alpha value is -5.02. The van der Waals surface area contributed by atoms with E-state index in [1.165, 1.54) is 0 Å². The van der Waals surface area contributed by atoms with Gasteiger partial charge in [0.05, 0.1) is 24.6 Å². The molecule has 2 N–H and O–H groups in total. The SMILES string of the molecule is CCCC(CCCCN(C(=O)NCc1ccccc1)c1ccc(-c2cnn(C)c2)cn1)Nc1ncc(C#N)c(N2CCCC3(CCO3)C2)n1. The van der Waals surface area contributed by atoms with E-state index in [2.05, 4.69) is 43.6 Å². The first-order valence-electron chi connectivity index (χ1n) is 17.4. The van der Waals surface area contributed by atoms with Gasteiger partial charge in [-0.2, -0.15) is 15.3 Å². The molecule has 6 rings (SSSR count). The van der Waals surface area contributed by atoms with Crippen molar-refractivity contribution in [2.45, 2.75) is 76.5 Å². The van der Waals surface area contributed by atoms with E-state index in [4.69, 9.17) is 9.72 Å². The number of aryl methyl sites for hydroxylation is 1. The number of hydrogen-bond acceptors (Lipinski definition) is 9. The standard InChI is InChI=1S/C37H46N10O2/c1-3-10-32(43-35-40-24-30(21-38)34(44-35)46-18-9-16-37(27-46)17-20-49-37)13-7-8-19-47(36(48)41-22-28-11-5-4-6-12-28)33-15-14-29(23-39-33)31-25-42-45(2)26-31/h4-6,11-12,14-15,23-26,32H,3,7-10,13,16-20,22,27H2,1-2H3,(H,41,48)(H,40,43,44). The Kier molecular flexibility index (Phi) is 11.0. The van der Waals surface area contributed by atoms with Crippen molar-refractivity contribution < 1.29 is 9.53 Å². The first kappa shape index (κ1) is 33.9. The van der Waals surface area contributed by atoms with Crippen LogP contribution >= 0.6 is 0 Å². The average molecular weight is 663 g/mol. The summed E-state index contributed by atoms with van der Waals surface area (Å²) in [5.41, 5.74) is 3.34. The summed E-state index contributed by atoms with van der Waals surface area (Å²) in [5.74, 6) is 1.83. The normalized spacial score (nSPS) is 17.6. The van der Waals surface area contributed by atoms with Crippen molar-refractivity contribution in [2.75, 3.05) is 41.4 Å². The minimum Gasteiger partial charge on any atom is -0.373 e. The maximum atomic E-state index is 13.5. The molecule has 2 saturated heterocycles. The summed E-state index contributed by atoms with van der Waals surface area (Å²) in [6.07, 6.45) is 14.8. The molecule has 5 heterocycles. The number of aromatic nitrogens is 5. The Morgan fingerprint density at radius 3 is 2.63 bits per heavy atom. The molecule has 2 unspecified atom stereocenters. The average Bonchev–Trinajstić information content (AvgIpc) is 3.56. The van der Waals surface area contributed by atoms with Gasteiger partial charge in [0.15, 0.2) is 5.82 Å². The van der Waals surface area contributed by atoms with Crippen LogP contribution in [0.2, 0.25) is 0 Å². The fourth-order valence-corrected chi connectivity index (χ4v) is 6.71. The fourth-order valence-electron chi connectivity index (χ4n) is 6.71. The number of carbonyl (C=O) groups is 1. The van der Waals surface area contributed by atoms with Crippen molar-refractivity contribution >= 4 is 23.6 Å². The first-order chi connectivity index (χ1) is 23.9. The van der Waals surface area contributed by atoms with E-state index in [9.17, 15) is 10.1 Å². The van der Waals surface area contributed by atoms with Gasteiger partial charge in [-0.15, -0.1) is 0 Å². The van der Waals surface area contributed by atoms with E-state index in [-0.39, 0.29) is 17.7 Å². The third-order valence-corrected chi connectivity index (χ3v) is 9.44. The molecule has 2 aliphatic heterocycles. The smallest absolute Gasteiger partial charge is 0.323 e. The van der Waals surface area contributed by atoms with Gasteiger partial charge in [0, 0.05) is 69.2 Å². The van der Waals surface area contributed by atoms with E-state index >= 15 is 0 Å². The van der Waals surface area contributed by atoms with Crippen LogP contribution < -0.4 is 20.4 Å². The van der Waals surface area contributed by atoms with Gasteiger partial charge in [0.25, 0.3) is 0 Å². The molecule has 12 heteroatoms. The van der Waals surface area contributed by atoms with Gasteiger partial charge in [-0.25, -0.2) is 14.8 Å². The lowest BCUT2D eigenvalue weighted by molar-refractivity contribution is -0.151. The number of nitrogens with one attached hydrogen (secondary N) is 2.